The van der Waals surface area contributed by atoms with E-state index in [-0.39, 0.29) is 23.4 Å². The van der Waals surface area contributed by atoms with Crippen molar-refractivity contribution in [2.75, 3.05) is 5.32 Å². The maximum atomic E-state index is 12.7. The van der Waals surface area contributed by atoms with Gasteiger partial charge in [0, 0.05) is 11.3 Å². The number of aromatic carboxylic acids is 1. The van der Waals surface area contributed by atoms with Crippen LogP contribution in [0.3, 0.4) is 0 Å². The van der Waals surface area contributed by atoms with Gasteiger partial charge in [-0.1, -0.05) is 25.2 Å². The number of thiophene rings is 1. The first-order chi connectivity index (χ1) is 12.3. The molecule has 0 unspecified atom stereocenters. The number of hydrogen-bond acceptors (Lipinski definition) is 8. The number of hydrogen-bond donors (Lipinski definition) is 2. The molecule has 0 aliphatic heterocycles. The van der Waals surface area contributed by atoms with Crippen molar-refractivity contribution in [1.82, 2.24) is 19.7 Å². The van der Waals surface area contributed by atoms with Gasteiger partial charge in [0.05, 0.1) is 10.9 Å². The lowest BCUT2D eigenvalue weighted by molar-refractivity contribution is -0.116. The predicted molar refractivity (Wildman–Crippen MR) is 98.2 cm³/mol. The maximum Gasteiger partial charge on any atom is 0.337 e. The van der Waals surface area contributed by atoms with Gasteiger partial charge < -0.3 is 5.11 Å². The zero-order valence-electron chi connectivity index (χ0n) is 14.1. The van der Waals surface area contributed by atoms with Crippen LogP contribution in [-0.2, 0) is 11.3 Å². The second-order valence-corrected chi connectivity index (χ2v) is 7.70. The number of carbonyl (C=O) groups is 2. The van der Waals surface area contributed by atoms with Gasteiger partial charge in [-0.05, 0) is 6.92 Å². The van der Waals surface area contributed by atoms with Gasteiger partial charge in [0.15, 0.2) is 0 Å². The number of rotatable bonds is 5. The number of carboxylic acids is 1. The number of aromatic nitrogens is 4. The second-order valence-electron chi connectivity index (χ2n) is 5.83. The van der Waals surface area contributed by atoms with E-state index >= 15 is 0 Å². The fraction of sp³-hybridized carbons (Fsp3) is 0.333. The average molecular weight is 393 g/mol. The molecule has 0 aliphatic rings. The number of fused-ring (bicyclic) bond motifs is 1. The summed E-state index contributed by atoms with van der Waals surface area (Å²) in [5.74, 6) is -1.14. The van der Waals surface area contributed by atoms with Crippen molar-refractivity contribution in [3.8, 4) is 0 Å². The Labute approximate surface area is 155 Å². The SMILES string of the molecule is Cc1nc2scc(C(=O)O)c2c(=O)n1CC(=O)Nc1nnc(C(C)C)s1. The third-order valence-electron chi connectivity index (χ3n) is 3.60. The Kier molecular flexibility index (Phi) is 4.83. The van der Waals surface area contributed by atoms with Gasteiger partial charge in [-0.2, -0.15) is 0 Å². The van der Waals surface area contributed by atoms with Crippen LogP contribution in [0.1, 0.15) is 41.0 Å². The van der Waals surface area contributed by atoms with Crippen molar-refractivity contribution in [3.05, 3.63) is 32.1 Å². The van der Waals surface area contributed by atoms with E-state index in [1.165, 1.54) is 16.7 Å². The van der Waals surface area contributed by atoms with Crippen LogP contribution in [0.15, 0.2) is 10.2 Å². The van der Waals surface area contributed by atoms with E-state index in [2.05, 4.69) is 20.5 Å². The van der Waals surface area contributed by atoms with Gasteiger partial charge in [-0.15, -0.1) is 21.5 Å². The Balaban J connectivity index is 1.90. The van der Waals surface area contributed by atoms with E-state index in [1.54, 1.807) is 6.92 Å². The molecule has 11 heteroatoms. The largest absolute Gasteiger partial charge is 0.478 e. The normalized spacial score (nSPS) is 11.2. The summed E-state index contributed by atoms with van der Waals surface area (Å²) < 4.78 is 1.15. The minimum absolute atomic E-state index is 0.0129. The summed E-state index contributed by atoms with van der Waals surface area (Å²) in [6, 6.07) is 0. The van der Waals surface area contributed by atoms with E-state index in [4.69, 9.17) is 0 Å². The zero-order valence-corrected chi connectivity index (χ0v) is 15.8. The summed E-state index contributed by atoms with van der Waals surface area (Å²) in [7, 11) is 0. The first kappa shape index (κ1) is 18.1. The van der Waals surface area contributed by atoms with Gasteiger partial charge in [-0.25, -0.2) is 9.78 Å². The van der Waals surface area contributed by atoms with Crippen molar-refractivity contribution >= 4 is 49.9 Å². The van der Waals surface area contributed by atoms with Crippen LogP contribution in [0.5, 0.6) is 0 Å². The molecule has 1 amide bonds. The molecule has 9 nitrogen and oxygen atoms in total. The molecule has 136 valence electrons. The van der Waals surface area contributed by atoms with Crippen molar-refractivity contribution in [2.24, 2.45) is 0 Å². The Bertz CT molecular complexity index is 1070. The van der Waals surface area contributed by atoms with Crippen LogP contribution >= 0.6 is 22.7 Å². The number of anilines is 1. The molecule has 0 aromatic carbocycles. The molecule has 0 spiro atoms. The number of carboxylic acid groups (broad SMARTS) is 1. The predicted octanol–water partition coefficient (Wildman–Crippen LogP) is 2.08. The van der Waals surface area contributed by atoms with E-state index in [0.29, 0.717) is 15.8 Å². The van der Waals surface area contributed by atoms with Crippen molar-refractivity contribution in [3.63, 3.8) is 0 Å². The second kappa shape index (κ2) is 6.92. The number of nitrogens with zero attached hydrogens (tertiary/aromatic N) is 4. The van der Waals surface area contributed by atoms with Gasteiger partial charge in [0.25, 0.3) is 5.56 Å². The lowest BCUT2D eigenvalue weighted by Gasteiger charge is -2.09. The molecule has 0 atom stereocenters. The summed E-state index contributed by atoms with van der Waals surface area (Å²) in [6.45, 7) is 5.24. The first-order valence-electron chi connectivity index (χ1n) is 7.63. The minimum Gasteiger partial charge on any atom is -0.478 e. The first-order valence-corrected chi connectivity index (χ1v) is 9.32. The Hall–Kier alpha value is -2.66. The summed E-state index contributed by atoms with van der Waals surface area (Å²) in [5.41, 5.74) is -0.663. The van der Waals surface area contributed by atoms with Crippen LogP contribution in [-0.4, -0.2) is 36.7 Å². The maximum absolute atomic E-state index is 12.7. The fourth-order valence-corrected chi connectivity index (χ4v) is 4.00. The van der Waals surface area contributed by atoms with Crippen molar-refractivity contribution < 1.29 is 14.7 Å². The van der Waals surface area contributed by atoms with Crippen molar-refractivity contribution in [1.29, 1.82) is 0 Å². The molecule has 0 bridgehead atoms. The Morgan fingerprint density at radius 3 is 2.69 bits per heavy atom. The minimum atomic E-state index is -1.20. The lowest BCUT2D eigenvalue weighted by Crippen LogP contribution is -2.30. The summed E-state index contributed by atoms with van der Waals surface area (Å²) in [5, 5.41) is 22.2. The van der Waals surface area contributed by atoms with Gasteiger partial charge >= 0.3 is 5.97 Å². The number of nitrogens with one attached hydrogen (secondary N) is 1. The zero-order chi connectivity index (χ0) is 19.0. The molecule has 0 fully saturated rings. The van der Waals surface area contributed by atoms with Gasteiger partial charge in [0.2, 0.25) is 11.0 Å². The molecule has 3 rings (SSSR count). The number of aryl methyl sites for hydroxylation is 1. The standard InChI is InChI=1S/C15H15N5O4S2/c1-6(2)11-18-19-15(26-11)17-9(21)4-20-7(3)16-12-10(13(20)22)8(5-25-12)14(23)24/h5-6H,4H2,1-3H3,(H,23,24)(H,17,19,21). The van der Waals surface area contributed by atoms with E-state index in [1.807, 2.05) is 13.8 Å². The van der Waals surface area contributed by atoms with E-state index in [0.717, 1.165) is 20.9 Å². The molecule has 3 heterocycles. The lowest BCUT2D eigenvalue weighted by atomic mass is 10.2. The third-order valence-corrected chi connectivity index (χ3v) is 5.61. The van der Waals surface area contributed by atoms with Crippen molar-refractivity contribution in [2.45, 2.75) is 33.2 Å². The number of carbonyl (C=O) groups excluding carboxylic acids is 1. The van der Waals surface area contributed by atoms with Gasteiger partial charge in [0.1, 0.15) is 22.2 Å². The highest BCUT2D eigenvalue weighted by Crippen LogP contribution is 2.23. The highest BCUT2D eigenvalue weighted by molar-refractivity contribution is 7.17. The fourth-order valence-electron chi connectivity index (χ4n) is 2.29. The molecule has 0 aliphatic carbocycles. The smallest absolute Gasteiger partial charge is 0.337 e. The molecule has 3 aromatic heterocycles. The van der Waals surface area contributed by atoms with Crippen LogP contribution in [0.4, 0.5) is 5.13 Å². The van der Waals surface area contributed by atoms with Gasteiger partial charge in [-0.3, -0.25) is 19.5 Å². The molecule has 3 aromatic rings. The molecule has 0 saturated carbocycles. The molecule has 26 heavy (non-hydrogen) atoms. The summed E-state index contributed by atoms with van der Waals surface area (Å²) in [4.78, 5) is 40.8. The van der Waals surface area contributed by atoms with Crippen LogP contribution in [0.25, 0.3) is 10.2 Å². The average Bonchev–Trinajstić information content (AvgIpc) is 3.18. The molecule has 2 N–H and O–H groups in total. The third kappa shape index (κ3) is 3.35. The summed E-state index contributed by atoms with van der Waals surface area (Å²) >= 11 is 2.35. The molecular weight excluding hydrogens is 378 g/mol. The monoisotopic (exact) mass is 393 g/mol. The number of amides is 1. The Morgan fingerprint density at radius 2 is 2.08 bits per heavy atom. The summed E-state index contributed by atoms with van der Waals surface area (Å²) in [6.07, 6.45) is 0. The quantitative estimate of drug-likeness (QED) is 0.679. The molecular formula is C15H15N5O4S2. The topological polar surface area (TPSA) is 127 Å². The van der Waals surface area contributed by atoms with E-state index in [9.17, 15) is 19.5 Å². The highest BCUT2D eigenvalue weighted by Gasteiger charge is 2.20. The molecule has 0 saturated heterocycles. The van der Waals surface area contributed by atoms with Crippen LogP contribution in [0.2, 0.25) is 0 Å². The highest BCUT2D eigenvalue weighted by atomic mass is 32.1. The Morgan fingerprint density at radius 1 is 1.35 bits per heavy atom. The molecule has 0 radical (unpaired) electrons. The van der Waals surface area contributed by atoms with E-state index < -0.39 is 17.4 Å². The van der Waals surface area contributed by atoms with Crippen LogP contribution in [0, 0.1) is 6.92 Å². The van der Waals surface area contributed by atoms with Crippen LogP contribution < -0.4 is 10.9 Å².